The van der Waals surface area contributed by atoms with Gasteiger partial charge in [0.05, 0.1) is 5.25 Å². The van der Waals surface area contributed by atoms with Crippen LogP contribution in [0.1, 0.15) is 48.6 Å². The van der Waals surface area contributed by atoms with E-state index in [1.165, 1.54) is 23.9 Å². The molecule has 0 spiro atoms. The molecule has 8 heteroatoms. The van der Waals surface area contributed by atoms with E-state index in [-0.39, 0.29) is 11.1 Å². The summed E-state index contributed by atoms with van der Waals surface area (Å²) < 4.78 is 18.2. The molecule has 6 nitrogen and oxygen atoms in total. The fourth-order valence-electron chi connectivity index (χ4n) is 2.10. The van der Waals surface area contributed by atoms with Gasteiger partial charge in [0.1, 0.15) is 11.6 Å². The van der Waals surface area contributed by atoms with Crippen molar-refractivity contribution in [2.75, 3.05) is 0 Å². The van der Waals surface area contributed by atoms with Crippen LogP contribution in [-0.4, -0.2) is 25.3 Å². The first-order chi connectivity index (χ1) is 12.1. The Morgan fingerprint density at radius 2 is 2.04 bits per heavy atom. The first-order valence-electron chi connectivity index (χ1n) is 7.99. The Morgan fingerprint density at radius 3 is 2.80 bits per heavy atom. The van der Waals surface area contributed by atoms with Crippen molar-refractivity contribution >= 4 is 23.9 Å². The van der Waals surface area contributed by atoms with Crippen molar-refractivity contribution in [3.8, 4) is 0 Å². The Labute approximate surface area is 149 Å². The highest BCUT2D eigenvalue weighted by Gasteiger charge is 2.17. The number of rotatable bonds is 7. The third kappa shape index (κ3) is 4.76. The zero-order chi connectivity index (χ0) is 17.6. The lowest BCUT2D eigenvalue weighted by Gasteiger charge is -2.00. The second kappa shape index (κ2) is 8.06. The molecule has 2 heterocycles. The van der Waals surface area contributed by atoms with E-state index < -0.39 is 0 Å². The number of H-pyrrole nitrogens is 1. The predicted octanol–water partition coefficient (Wildman–Crippen LogP) is 4.30. The quantitative estimate of drug-likeness (QED) is 0.633. The minimum atomic E-state index is -0.257. The molecule has 0 aliphatic heterocycles. The summed E-state index contributed by atoms with van der Waals surface area (Å²) in [5.41, 5.74) is 0.884. The Bertz CT molecular complexity index is 843. The van der Waals surface area contributed by atoms with Crippen molar-refractivity contribution in [2.24, 2.45) is 0 Å². The van der Waals surface area contributed by atoms with Crippen LogP contribution in [0.15, 0.2) is 33.9 Å². The molecule has 1 unspecified atom stereocenters. The van der Waals surface area contributed by atoms with Crippen molar-refractivity contribution in [1.29, 1.82) is 0 Å². The molecule has 3 aromatic rings. The number of aryl methyl sites for hydroxylation is 1. The van der Waals surface area contributed by atoms with Gasteiger partial charge >= 0.3 is 0 Å². The fraction of sp³-hybridized carbons (Fsp3) is 0.294. The number of aromatic nitrogens is 5. The number of benzene rings is 1. The molecule has 0 aliphatic carbocycles. The van der Waals surface area contributed by atoms with Gasteiger partial charge in [0, 0.05) is 6.42 Å². The summed E-state index contributed by atoms with van der Waals surface area (Å²) >= 11 is 1.44. The van der Waals surface area contributed by atoms with E-state index >= 15 is 0 Å². The van der Waals surface area contributed by atoms with Crippen LogP contribution in [-0.2, 0) is 6.42 Å². The Kier molecular flexibility index (Phi) is 5.60. The Balaban J connectivity index is 1.61. The number of hydrogen-bond acceptors (Lipinski definition) is 6. The molecule has 130 valence electrons. The average molecular weight is 359 g/mol. The summed E-state index contributed by atoms with van der Waals surface area (Å²) in [5, 5.41) is 11.6. The number of halogens is 1. The molecule has 0 saturated carbocycles. The molecule has 2 aromatic heterocycles. The molecule has 0 aliphatic rings. The van der Waals surface area contributed by atoms with Gasteiger partial charge in [0.25, 0.3) is 0 Å². The normalized spacial score (nSPS) is 12.8. The lowest BCUT2D eigenvalue weighted by atomic mass is 10.2. The second-order valence-corrected chi connectivity index (χ2v) is 6.75. The van der Waals surface area contributed by atoms with Crippen LogP contribution in [0.2, 0.25) is 0 Å². The van der Waals surface area contributed by atoms with E-state index in [9.17, 15) is 4.39 Å². The van der Waals surface area contributed by atoms with Crippen LogP contribution >= 0.6 is 11.8 Å². The first-order valence-corrected chi connectivity index (χ1v) is 8.87. The highest BCUT2D eigenvalue weighted by atomic mass is 32.2. The average Bonchev–Trinajstić information content (AvgIpc) is 3.24. The molecule has 0 saturated heterocycles. The van der Waals surface area contributed by atoms with E-state index in [2.05, 4.69) is 32.2 Å². The molecule has 1 atom stereocenters. The van der Waals surface area contributed by atoms with E-state index in [4.69, 9.17) is 4.52 Å². The van der Waals surface area contributed by atoms with E-state index in [1.54, 1.807) is 18.2 Å². The molecular formula is C17H18FN5OS. The van der Waals surface area contributed by atoms with Crippen LogP contribution in [0, 0.1) is 5.82 Å². The van der Waals surface area contributed by atoms with Gasteiger partial charge in [-0.05, 0) is 37.1 Å². The van der Waals surface area contributed by atoms with Crippen LogP contribution in [0.4, 0.5) is 4.39 Å². The number of aromatic amines is 1. The molecule has 25 heavy (non-hydrogen) atoms. The van der Waals surface area contributed by atoms with Crippen LogP contribution < -0.4 is 0 Å². The van der Waals surface area contributed by atoms with Crippen molar-refractivity contribution in [1.82, 2.24) is 25.3 Å². The predicted molar refractivity (Wildman–Crippen MR) is 94.3 cm³/mol. The maximum atomic E-state index is 12.9. The molecule has 0 bridgehead atoms. The SMILES string of the molecule is CCCc1noc(C(C)Sc2n[nH]c(C=Cc3ccc(F)cc3)n2)n1. The molecule has 1 N–H and O–H groups in total. The van der Waals surface area contributed by atoms with Gasteiger partial charge in [-0.15, -0.1) is 5.10 Å². The van der Waals surface area contributed by atoms with Gasteiger partial charge in [-0.25, -0.2) is 9.37 Å². The van der Waals surface area contributed by atoms with E-state index in [1.807, 2.05) is 13.0 Å². The van der Waals surface area contributed by atoms with Crippen LogP contribution in [0.3, 0.4) is 0 Å². The largest absolute Gasteiger partial charge is 0.338 e. The van der Waals surface area contributed by atoms with Crippen LogP contribution in [0.25, 0.3) is 12.2 Å². The van der Waals surface area contributed by atoms with Gasteiger partial charge in [-0.1, -0.05) is 42.1 Å². The van der Waals surface area contributed by atoms with Gasteiger partial charge < -0.3 is 4.52 Å². The molecule has 0 radical (unpaired) electrons. The lowest BCUT2D eigenvalue weighted by Crippen LogP contribution is -1.91. The summed E-state index contributed by atoms with van der Waals surface area (Å²) in [4.78, 5) is 8.77. The number of nitrogens with zero attached hydrogens (tertiary/aromatic N) is 4. The monoisotopic (exact) mass is 359 g/mol. The smallest absolute Gasteiger partial charge is 0.239 e. The lowest BCUT2D eigenvalue weighted by molar-refractivity contribution is 0.374. The highest BCUT2D eigenvalue weighted by Crippen LogP contribution is 2.31. The minimum absolute atomic E-state index is 0.0390. The van der Waals surface area contributed by atoms with E-state index in [0.29, 0.717) is 16.9 Å². The number of hydrogen-bond donors (Lipinski definition) is 1. The third-order valence-electron chi connectivity index (χ3n) is 3.37. The summed E-state index contributed by atoms with van der Waals surface area (Å²) in [5.74, 6) is 1.66. The summed E-state index contributed by atoms with van der Waals surface area (Å²) in [7, 11) is 0. The topological polar surface area (TPSA) is 80.5 Å². The van der Waals surface area contributed by atoms with Crippen molar-refractivity contribution < 1.29 is 8.91 Å². The van der Waals surface area contributed by atoms with Gasteiger partial charge in [0.2, 0.25) is 11.0 Å². The highest BCUT2D eigenvalue weighted by molar-refractivity contribution is 7.99. The van der Waals surface area contributed by atoms with Crippen LogP contribution in [0.5, 0.6) is 0 Å². The Morgan fingerprint density at radius 1 is 1.24 bits per heavy atom. The zero-order valence-corrected chi connectivity index (χ0v) is 14.8. The molecule has 3 rings (SSSR count). The minimum Gasteiger partial charge on any atom is -0.338 e. The maximum absolute atomic E-state index is 12.9. The molecular weight excluding hydrogens is 341 g/mol. The maximum Gasteiger partial charge on any atom is 0.239 e. The van der Waals surface area contributed by atoms with E-state index in [0.717, 1.165) is 24.2 Å². The second-order valence-electron chi connectivity index (χ2n) is 5.45. The number of thioether (sulfide) groups is 1. The standard InChI is InChI=1S/C17H18FN5OS/c1-3-4-15-19-16(24-23-15)11(2)25-17-20-14(21-22-17)10-7-12-5-8-13(18)9-6-12/h5-11H,3-4H2,1-2H3,(H,20,21,22). The fourth-order valence-corrected chi connectivity index (χ4v) is 2.86. The summed E-state index contributed by atoms with van der Waals surface area (Å²) in [6.45, 7) is 4.04. The number of nitrogens with one attached hydrogen (secondary N) is 1. The zero-order valence-electron chi connectivity index (χ0n) is 13.9. The van der Waals surface area contributed by atoms with Crippen molar-refractivity contribution in [3.05, 3.63) is 53.2 Å². The first kappa shape index (κ1) is 17.3. The van der Waals surface area contributed by atoms with Gasteiger partial charge in [-0.2, -0.15) is 4.98 Å². The van der Waals surface area contributed by atoms with Gasteiger partial charge in [0.15, 0.2) is 5.82 Å². The Hall–Kier alpha value is -2.48. The molecule has 1 aromatic carbocycles. The molecule has 0 fully saturated rings. The van der Waals surface area contributed by atoms with Crippen molar-refractivity contribution in [3.63, 3.8) is 0 Å². The third-order valence-corrected chi connectivity index (χ3v) is 4.32. The summed E-state index contributed by atoms with van der Waals surface area (Å²) in [6.07, 6.45) is 5.42. The molecule has 0 amide bonds. The summed E-state index contributed by atoms with van der Waals surface area (Å²) in [6, 6.07) is 6.23. The van der Waals surface area contributed by atoms with Gasteiger partial charge in [-0.3, -0.25) is 5.10 Å². The van der Waals surface area contributed by atoms with Crippen molar-refractivity contribution in [2.45, 2.75) is 37.1 Å².